The average Bonchev–Trinajstić information content (AvgIpc) is 2.73. The zero-order valence-corrected chi connectivity index (χ0v) is 12.5. The molecule has 1 aromatic heterocycles. The number of benzene rings is 1. The van der Waals surface area contributed by atoms with Gasteiger partial charge in [0.25, 0.3) is 0 Å². The monoisotopic (exact) mass is 296 g/mol. The largest absolute Gasteiger partial charge is 0.271 e. The van der Waals surface area contributed by atoms with E-state index in [9.17, 15) is 0 Å². The molecule has 19 heavy (non-hydrogen) atoms. The molecule has 102 valence electrons. The molecule has 2 rings (SSSR count). The molecule has 0 aliphatic rings. The van der Waals surface area contributed by atoms with Crippen molar-refractivity contribution in [2.24, 2.45) is 12.9 Å². The molecule has 0 amide bonds. The highest BCUT2D eigenvalue weighted by Crippen LogP contribution is 2.28. The maximum absolute atomic E-state index is 6.13. The molecule has 0 spiro atoms. The molecular formula is C13H17ClN4S. The van der Waals surface area contributed by atoms with Crippen molar-refractivity contribution >= 4 is 23.4 Å². The summed E-state index contributed by atoms with van der Waals surface area (Å²) in [5.74, 6) is 6.42. The number of aryl methyl sites for hydroxylation is 2. The van der Waals surface area contributed by atoms with E-state index in [1.807, 2.05) is 7.05 Å². The Morgan fingerprint density at radius 3 is 2.63 bits per heavy atom. The second kappa shape index (κ2) is 6.43. The van der Waals surface area contributed by atoms with Crippen LogP contribution in [0.1, 0.15) is 17.3 Å². The molecule has 1 aromatic carbocycles. The van der Waals surface area contributed by atoms with Crippen molar-refractivity contribution in [3.05, 3.63) is 46.7 Å². The van der Waals surface area contributed by atoms with Crippen LogP contribution in [-0.4, -0.2) is 15.5 Å². The molecule has 0 saturated carbocycles. The van der Waals surface area contributed by atoms with Crippen LogP contribution in [-0.2, 0) is 7.05 Å². The summed E-state index contributed by atoms with van der Waals surface area (Å²) in [6.07, 6.45) is 1.64. The maximum Gasteiger partial charge on any atom is 0.0834 e. The minimum Gasteiger partial charge on any atom is -0.271 e. The molecule has 3 N–H and O–H groups in total. The van der Waals surface area contributed by atoms with E-state index in [-0.39, 0.29) is 6.04 Å². The summed E-state index contributed by atoms with van der Waals surface area (Å²) < 4.78 is 1.75. The van der Waals surface area contributed by atoms with Crippen molar-refractivity contribution in [3.63, 3.8) is 0 Å². The van der Waals surface area contributed by atoms with E-state index in [4.69, 9.17) is 17.4 Å². The zero-order chi connectivity index (χ0) is 13.8. The van der Waals surface area contributed by atoms with Crippen molar-refractivity contribution in [1.29, 1.82) is 0 Å². The lowest BCUT2D eigenvalue weighted by Crippen LogP contribution is -2.31. The third-order valence-electron chi connectivity index (χ3n) is 2.91. The fraction of sp³-hybridized carbons (Fsp3) is 0.308. The van der Waals surface area contributed by atoms with Crippen LogP contribution in [0.15, 0.2) is 35.4 Å². The number of nitrogens with one attached hydrogen (secondary N) is 1. The molecule has 1 heterocycles. The van der Waals surface area contributed by atoms with Gasteiger partial charge in [-0.3, -0.25) is 16.0 Å². The first-order valence-electron chi connectivity index (χ1n) is 5.95. The molecule has 1 unspecified atom stereocenters. The van der Waals surface area contributed by atoms with E-state index in [0.717, 1.165) is 11.4 Å². The minimum atomic E-state index is -0.0358. The van der Waals surface area contributed by atoms with Gasteiger partial charge in [-0.1, -0.05) is 29.3 Å². The second-order valence-electron chi connectivity index (χ2n) is 4.34. The summed E-state index contributed by atoms with van der Waals surface area (Å²) in [4.78, 5) is 1.21. The van der Waals surface area contributed by atoms with E-state index < -0.39 is 0 Å². The minimum absolute atomic E-state index is 0.0358. The van der Waals surface area contributed by atoms with Crippen LogP contribution >= 0.6 is 23.4 Å². The van der Waals surface area contributed by atoms with Crippen LogP contribution in [0.3, 0.4) is 0 Å². The van der Waals surface area contributed by atoms with Gasteiger partial charge in [0.1, 0.15) is 0 Å². The first kappa shape index (κ1) is 14.4. The number of nitrogens with two attached hydrogens (primary N) is 1. The third-order valence-corrected chi connectivity index (χ3v) is 4.30. The van der Waals surface area contributed by atoms with Gasteiger partial charge in [-0.15, -0.1) is 11.8 Å². The normalized spacial score (nSPS) is 12.6. The molecule has 0 radical (unpaired) electrons. The second-order valence-corrected chi connectivity index (χ2v) is 5.85. The van der Waals surface area contributed by atoms with E-state index in [0.29, 0.717) is 5.02 Å². The number of thioether (sulfide) groups is 1. The SMILES string of the molecule is Cc1ccc(SCC(NN)c2c(Cl)cnn2C)cc1. The number of aromatic nitrogens is 2. The Labute approximate surface area is 122 Å². The molecular weight excluding hydrogens is 280 g/mol. The van der Waals surface area contributed by atoms with Crippen molar-refractivity contribution < 1.29 is 0 Å². The topological polar surface area (TPSA) is 55.9 Å². The molecule has 4 nitrogen and oxygen atoms in total. The summed E-state index contributed by atoms with van der Waals surface area (Å²) >= 11 is 7.87. The van der Waals surface area contributed by atoms with Crippen LogP contribution in [0.5, 0.6) is 0 Å². The molecule has 6 heteroatoms. The smallest absolute Gasteiger partial charge is 0.0834 e. The Balaban J connectivity index is 2.06. The van der Waals surface area contributed by atoms with Crippen LogP contribution in [0.2, 0.25) is 5.02 Å². The van der Waals surface area contributed by atoms with Crippen LogP contribution in [0, 0.1) is 6.92 Å². The van der Waals surface area contributed by atoms with Crippen LogP contribution in [0.4, 0.5) is 0 Å². The number of rotatable bonds is 5. The highest BCUT2D eigenvalue weighted by atomic mass is 35.5. The molecule has 0 fully saturated rings. The standard InChI is InChI=1S/C13H17ClN4S/c1-9-3-5-10(6-4-9)19-8-12(17-15)13-11(14)7-16-18(13)2/h3-7,12,17H,8,15H2,1-2H3. The zero-order valence-electron chi connectivity index (χ0n) is 10.9. The van der Waals surface area contributed by atoms with Gasteiger partial charge in [0.2, 0.25) is 0 Å². The van der Waals surface area contributed by atoms with Gasteiger partial charge in [0, 0.05) is 17.7 Å². The van der Waals surface area contributed by atoms with Gasteiger partial charge < -0.3 is 0 Å². The van der Waals surface area contributed by atoms with Gasteiger partial charge in [-0.2, -0.15) is 5.10 Å². The summed E-state index contributed by atoms with van der Waals surface area (Å²) in [5.41, 5.74) is 4.96. The van der Waals surface area contributed by atoms with Gasteiger partial charge in [-0.05, 0) is 19.1 Å². The molecule has 0 aliphatic carbocycles. The molecule has 0 bridgehead atoms. The number of hydrogen-bond acceptors (Lipinski definition) is 4. The lowest BCUT2D eigenvalue weighted by atomic mass is 10.2. The van der Waals surface area contributed by atoms with E-state index in [2.05, 4.69) is 41.7 Å². The Hall–Kier alpha value is -1.01. The first-order chi connectivity index (χ1) is 9.11. The Morgan fingerprint density at radius 1 is 1.42 bits per heavy atom. The number of halogens is 1. The highest BCUT2D eigenvalue weighted by molar-refractivity contribution is 7.99. The summed E-state index contributed by atoms with van der Waals surface area (Å²) in [5, 5.41) is 4.77. The van der Waals surface area contributed by atoms with E-state index in [1.54, 1.807) is 22.6 Å². The van der Waals surface area contributed by atoms with Crippen molar-refractivity contribution in [2.75, 3.05) is 5.75 Å². The van der Waals surface area contributed by atoms with Crippen molar-refractivity contribution in [2.45, 2.75) is 17.9 Å². The quantitative estimate of drug-likeness (QED) is 0.506. The summed E-state index contributed by atoms with van der Waals surface area (Å²) in [6.45, 7) is 2.08. The van der Waals surface area contributed by atoms with E-state index in [1.165, 1.54) is 10.5 Å². The predicted molar refractivity (Wildman–Crippen MR) is 80.2 cm³/mol. The molecule has 2 aromatic rings. The van der Waals surface area contributed by atoms with Crippen LogP contribution < -0.4 is 11.3 Å². The first-order valence-corrected chi connectivity index (χ1v) is 7.31. The average molecular weight is 297 g/mol. The maximum atomic E-state index is 6.13. The lowest BCUT2D eigenvalue weighted by Gasteiger charge is -2.16. The highest BCUT2D eigenvalue weighted by Gasteiger charge is 2.18. The number of hydrogen-bond donors (Lipinski definition) is 2. The number of nitrogens with zero attached hydrogens (tertiary/aromatic N) is 2. The van der Waals surface area contributed by atoms with Gasteiger partial charge in [-0.25, -0.2) is 0 Å². The Kier molecular flexibility index (Phi) is 4.87. The summed E-state index contributed by atoms with van der Waals surface area (Å²) in [6, 6.07) is 8.39. The Bertz CT molecular complexity index is 519. The fourth-order valence-electron chi connectivity index (χ4n) is 1.83. The fourth-order valence-corrected chi connectivity index (χ4v) is 3.07. The van der Waals surface area contributed by atoms with Gasteiger partial charge >= 0.3 is 0 Å². The van der Waals surface area contributed by atoms with Crippen LogP contribution in [0.25, 0.3) is 0 Å². The Morgan fingerprint density at radius 2 is 2.11 bits per heavy atom. The van der Waals surface area contributed by atoms with Gasteiger partial charge in [0.15, 0.2) is 0 Å². The summed E-state index contributed by atoms with van der Waals surface area (Å²) in [7, 11) is 1.86. The third kappa shape index (κ3) is 3.51. The van der Waals surface area contributed by atoms with E-state index >= 15 is 0 Å². The predicted octanol–water partition coefficient (Wildman–Crippen LogP) is 2.68. The number of hydrazine groups is 1. The van der Waals surface area contributed by atoms with Crippen molar-refractivity contribution in [1.82, 2.24) is 15.2 Å². The van der Waals surface area contributed by atoms with Gasteiger partial charge in [0.05, 0.1) is 23.0 Å². The van der Waals surface area contributed by atoms with Crippen molar-refractivity contribution in [3.8, 4) is 0 Å². The lowest BCUT2D eigenvalue weighted by molar-refractivity contribution is 0.554. The molecule has 1 atom stereocenters. The molecule has 0 aliphatic heterocycles. The molecule has 0 saturated heterocycles.